The van der Waals surface area contributed by atoms with Gasteiger partial charge in [-0.1, -0.05) is 254 Å². The molecule has 0 amide bonds. The van der Waals surface area contributed by atoms with E-state index in [-0.39, 0.29) is 0 Å². The quantitative estimate of drug-likeness (QED) is 0.0368. The molecule has 0 aliphatic carbocycles. The van der Waals surface area contributed by atoms with Crippen molar-refractivity contribution in [3.63, 3.8) is 0 Å². The smallest absolute Gasteiger partial charge is 0.0431 e. The third-order valence-electron chi connectivity index (χ3n) is 9.85. The molecule has 0 heterocycles. The molecule has 0 bridgehead atoms. The maximum absolute atomic E-state index is 8.74. The van der Waals surface area contributed by atoms with E-state index in [0.717, 1.165) is 70.6 Å². The predicted octanol–water partition coefficient (Wildman–Crippen LogP) is 19.4. The first kappa shape index (κ1) is 57.9. The summed E-state index contributed by atoms with van der Waals surface area (Å²) in [5.74, 6) is 0. The molecular formula is C56H95BrO. The lowest BCUT2D eigenvalue weighted by Crippen LogP contribution is -1.84. The number of rotatable bonds is 42. The van der Waals surface area contributed by atoms with Crippen LogP contribution in [0, 0.1) is 0 Å². The fourth-order valence-corrected chi connectivity index (χ4v) is 6.69. The van der Waals surface area contributed by atoms with Crippen LogP contribution in [0.1, 0.15) is 219 Å². The Hall–Kier alpha value is -2.16. The van der Waals surface area contributed by atoms with E-state index in [2.05, 4.69) is 151 Å². The fourth-order valence-electron chi connectivity index (χ4n) is 6.30. The molecule has 0 spiro atoms. The number of halogens is 1. The van der Waals surface area contributed by atoms with E-state index in [1.165, 1.54) is 140 Å². The van der Waals surface area contributed by atoms with Crippen molar-refractivity contribution in [1.82, 2.24) is 0 Å². The molecule has 58 heavy (non-hydrogen) atoms. The second-order valence-electron chi connectivity index (χ2n) is 15.5. The molecule has 0 aromatic carbocycles. The first-order chi connectivity index (χ1) is 28.8. The topological polar surface area (TPSA) is 20.2 Å². The highest BCUT2D eigenvalue weighted by molar-refractivity contribution is 9.09. The van der Waals surface area contributed by atoms with Crippen molar-refractivity contribution < 1.29 is 5.11 Å². The van der Waals surface area contributed by atoms with Crippen LogP contribution in [0.4, 0.5) is 0 Å². The lowest BCUT2D eigenvalue weighted by molar-refractivity contribution is 0.282. The molecule has 1 N–H and O–H groups in total. The Bertz CT molecular complexity index is 964. The van der Waals surface area contributed by atoms with Crippen LogP contribution in [0.2, 0.25) is 0 Å². The molecule has 0 aliphatic rings. The van der Waals surface area contributed by atoms with Crippen LogP contribution in [0.15, 0.2) is 122 Å². The molecule has 0 fully saturated rings. The summed E-state index contributed by atoms with van der Waals surface area (Å²) in [6.45, 7) is 4.70. The molecule has 0 radical (unpaired) electrons. The van der Waals surface area contributed by atoms with Gasteiger partial charge in [-0.25, -0.2) is 0 Å². The number of aliphatic hydroxyl groups is 1. The zero-order valence-electron chi connectivity index (χ0n) is 38.4. The standard InChI is InChI=1S/C28H47Br.C28H48O/c2*1-2-3-4-5-6-7-8-9-10-11-12-13-14-15-16-17-18-19-20-21-22-23-24-25-26-27-28-29/h3-4,6-7,9-10,12-13,15-16H,2,5,8,11,14,17-28H2,1H3;3-4,6-7,9-10,12-13,15-16,29H,2,5,8,11,14,17-28H2,1H3/b2*4-3-,7-6-,10-9-,13-12-,16-15-. The van der Waals surface area contributed by atoms with Crippen molar-refractivity contribution in [2.75, 3.05) is 11.9 Å². The summed E-state index contributed by atoms with van der Waals surface area (Å²) < 4.78 is 0. The average Bonchev–Trinajstić information content (AvgIpc) is 3.24. The van der Waals surface area contributed by atoms with Crippen molar-refractivity contribution >= 4 is 15.9 Å². The highest BCUT2D eigenvalue weighted by Crippen LogP contribution is 2.13. The molecular weight excluding hydrogens is 769 g/mol. The van der Waals surface area contributed by atoms with Gasteiger partial charge in [0.05, 0.1) is 0 Å². The first-order valence-electron chi connectivity index (χ1n) is 24.5. The van der Waals surface area contributed by atoms with Crippen molar-refractivity contribution in [1.29, 1.82) is 0 Å². The normalized spacial score (nSPS) is 12.8. The van der Waals surface area contributed by atoms with Crippen LogP contribution in [-0.4, -0.2) is 17.0 Å². The Morgan fingerprint density at radius 2 is 0.466 bits per heavy atom. The summed E-state index contributed by atoms with van der Waals surface area (Å²) >= 11 is 3.50. The molecule has 1 nitrogen and oxygen atoms in total. The van der Waals surface area contributed by atoms with Gasteiger partial charge in [0, 0.05) is 11.9 Å². The van der Waals surface area contributed by atoms with E-state index < -0.39 is 0 Å². The van der Waals surface area contributed by atoms with Crippen LogP contribution < -0.4 is 0 Å². The van der Waals surface area contributed by atoms with Crippen LogP contribution in [0.5, 0.6) is 0 Å². The molecule has 0 saturated heterocycles. The summed E-state index contributed by atoms with van der Waals surface area (Å²) in [7, 11) is 0. The third-order valence-corrected chi connectivity index (χ3v) is 10.4. The molecule has 0 saturated carbocycles. The maximum atomic E-state index is 8.74. The Morgan fingerprint density at radius 3 is 0.707 bits per heavy atom. The molecule has 2 heteroatoms. The van der Waals surface area contributed by atoms with Gasteiger partial charge in [-0.05, 0) is 103 Å². The minimum atomic E-state index is 0.359. The number of alkyl halides is 1. The molecule has 0 aliphatic heterocycles. The van der Waals surface area contributed by atoms with E-state index in [1.807, 2.05) is 0 Å². The van der Waals surface area contributed by atoms with E-state index in [1.54, 1.807) is 0 Å². The van der Waals surface area contributed by atoms with Gasteiger partial charge in [-0.15, -0.1) is 0 Å². The number of unbranched alkanes of at least 4 members (excludes halogenated alkanes) is 20. The first-order valence-corrected chi connectivity index (χ1v) is 25.6. The van der Waals surface area contributed by atoms with Gasteiger partial charge in [-0.3, -0.25) is 0 Å². The second-order valence-corrected chi connectivity index (χ2v) is 16.3. The Morgan fingerprint density at radius 1 is 0.259 bits per heavy atom. The van der Waals surface area contributed by atoms with Crippen LogP contribution in [0.3, 0.4) is 0 Å². The largest absolute Gasteiger partial charge is 0.396 e. The van der Waals surface area contributed by atoms with E-state index in [9.17, 15) is 0 Å². The Labute approximate surface area is 372 Å². The van der Waals surface area contributed by atoms with E-state index in [4.69, 9.17) is 5.11 Å². The van der Waals surface area contributed by atoms with E-state index >= 15 is 0 Å². The van der Waals surface area contributed by atoms with Crippen molar-refractivity contribution in [2.24, 2.45) is 0 Å². The number of aliphatic hydroxyl groups excluding tert-OH is 1. The summed E-state index contributed by atoms with van der Waals surface area (Å²) in [6, 6.07) is 0. The van der Waals surface area contributed by atoms with Crippen LogP contribution in [0.25, 0.3) is 0 Å². The van der Waals surface area contributed by atoms with Gasteiger partial charge in [0.2, 0.25) is 0 Å². The van der Waals surface area contributed by atoms with Crippen molar-refractivity contribution in [2.45, 2.75) is 219 Å². The highest BCUT2D eigenvalue weighted by Gasteiger charge is 1.94. The number of hydrogen-bond acceptors (Lipinski definition) is 1. The summed E-state index contributed by atoms with van der Waals surface area (Å²) in [5.41, 5.74) is 0. The third kappa shape index (κ3) is 60.5. The number of allylic oxidation sites excluding steroid dienone is 20. The Kier molecular flexibility index (Phi) is 59.1. The fraction of sp³-hybridized carbons (Fsp3) is 0.643. The zero-order chi connectivity index (χ0) is 42.2. The second kappa shape index (κ2) is 59.2. The lowest BCUT2D eigenvalue weighted by atomic mass is 10.1. The predicted molar refractivity (Wildman–Crippen MR) is 271 cm³/mol. The zero-order valence-corrected chi connectivity index (χ0v) is 40.0. The Balaban J connectivity index is 0. The van der Waals surface area contributed by atoms with Gasteiger partial charge >= 0.3 is 0 Å². The van der Waals surface area contributed by atoms with Crippen LogP contribution >= 0.6 is 15.9 Å². The van der Waals surface area contributed by atoms with Gasteiger partial charge in [-0.2, -0.15) is 0 Å². The maximum Gasteiger partial charge on any atom is 0.0431 e. The minimum absolute atomic E-state index is 0.359. The van der Waals surface area contributed by atoms with E-state index in [0.29, 0.717) is 6.61 Å². The van der Waals surface area contributed by atoms with Gasteiger partial charge in [0.25, 0.3) is 0 Å². The molecule has 0 atom stereocenters. The summed E-state index contributed by atoms with van der Waals surface area (Å²) in [6.07, 6.45) is 85.6. The monoisotopic (exact) mass is 863 g/mol. The van der Waals surface area contributed by atoms with Crippen LogP contribution in [-0.2, 0) is 0 Å². The SMILES string of the molecule is CC/C=C\C/C=C\C/C=C\C/C=C\C/C=C\CCCCCCCCCCCCBr.CC/C=C\C/C=C\C/C=C\C/C=C\C/C=C\CCCCCCCCCCCCO. The van der Waals surface area contributed by atoms with Gasteiger partial charge < -0.3 is 5.11 Å². The highest BCUT2D eigenvalue weighted by atomic mass is 79.9. The number of hydrogen-bond donors (Lipinski definition) is 1. The van der Waals surface area contributed by atoms with Gasteiger partial charge in [0.15, 0.2) is 0 Å². The molecule has 0 aromatic rings. The molecule has 0 rings (SSSR count). The minimum Gasteiger partial charge on any atom is -0.396 e. The lowest BCUT2D eigenvalue weighted by Gasteiger charge is -2.01. The average molecular weight is 864 g/mol. The summed E-state index contributed by atoms with van der Waals surface area (Å²) in [5, 5.41) is 9.91. The molecule has 0 aromatic heterocycles. The molecule has 332 valence electrons. The molecule has 0 unspecified atom stereocenters. The van der Waals surface area contributed by atoms with Crippen molar-refractivity contribution in [3.05, 3.63) is 122 Å². The van der Waals surface area contributed by atoms with Gasteiger partial charge in [0.1, 0.15) is 0 Å². The summed E-state index contributed by atoms with van der Waals surface area (Å²) in [4.78, 5) is 0. The van der Waals surface area contributed by atoms with Crippen molar-refractivity contribution in [3.8, 4) is 0 Å².